The van der Waals surface area contributed by atoms with Gasteiger partial charge in [0.15, 0.2) is 5.76 Å². The van der Waals surface area contributed by atoms with Crippen LogP contribution < -0.4 is 10.0 Å². The number of nitriles is 1. The number of anilines is 1. The first-order valence-electron chi connectivity index (χ1n) is 10.6. The van der Waals surface area contributed by atoms with Gasteiger partial charge in [-0.25, -0.2) is 8.42 Å². The quantitative estimate of drug-likeness (QED) is 0.493. The number of rotatable bonds is 3. The number of fused-ring (bicyclic) bond motifs is 2. The van der Waals surface area contributed by atoms with Gasteiger partial charge >= 0.3 is 0 Å². The van der Waals surface area contributed by atoms with E-state index in [0.717, 1.165) is 11.1 Å². The largest absolute Gasteiger partial charge is 0.439 e. The van der Waals surface area contributed by atoms with E-state index < -0.39 is 15.9 Å². The molecule has 2 N–H and O–H groups in total. The Morgan fingerprint density at radius 1 is 1.06 bits per heavy atom. The number of benzene rings is 3. The molecule has 8 heteroatoms. The number of allylic oxidation sites excluding steroid dienone is 2. The first kappa shape index (κ1) is 22.3. The van der Waals surface area contributed by atoms with Crippen LogP contribution in [0.25, 0.3) is 5.76 Å². The maximum atomic E-state index is 14.2. The van der Waals surface area contributed by atoms with E-state index in [0.29, 0.717) is 21.3 Å². The minimum Gasteiger partial charge on any atom is -0.439 e. The lowest BCUT2D eigenvalue weighted by Crippen LogP contribution is -2.39. The highest BCUT2D eigenvalue weighted by molar-refractivity contribution is 9.10. The van der Waals surface area contributed by atoms with Crippen LogP contribution in [0.1, 0.15) is 28.2 Å². The molecule has 2 heterocycles. The van der Waals surface area contributed by atoms with Crippen LogP contribution >= 0.6 is 15.9 Å². The van der Waals surface area contributed by atoms with Crippen molar-refractivity contribution in [2.45, 2.75) is 19.4 Å². The molecule has 1 atom stereocenters. The number of hydrogen-bond donors (Lipinski definition) is 1. The van der Waals surface area contributed by atoms with Crippen molar-refractivity contribution in [2.75, 3.05) is 4.31 Å². The molecule has 0 radical (unpaired) electrons. The highest BCUT2D eigenvalue weighted by Crippen LogP contribution is 2.52. The third-order valence-corrected chi connectivity index (χ3v) is 8.63. The van der Waals surface area contributed by atoms with Crippen molar-refractivity contribution in [1.82, 2.24) is 0 Å². The monoisotopic (exact) mass is 533 g/mol. The summed E-state index contributed by atoms with van der Waals surface area (Å²) in [5, 5.41) is 9.95. The molecule has 2 aliphatic heterocycles. The zero-order chi connectivity index (χ0) is 24.0. The van der Waals surface area contributed by atoms with Gasteiger partial charge in [0.25, 0.3) is 10.0 Å². The van der Waals surface area contributed by atoms with Gasteiger partial charge in [0, 0.05) is 10.0 Å². The molecule has 0 fully saturated rings. The molecule has 5 rings (SSSR count). The highest BCUT2D eigenvalue weighted by Gasteiger charge is 2.47. The number of nitrogens with two attached hydrogens (primary N) is 1. The van der Waals surface area contributed by atoms with Crippen molar-refractivity contribution in [2.24, 2.45) is 5.73 Å². The molecule has 0 aromatic heterocycles. The summed E-state index contributed by atoms with van der Waals surface area (Å²) in [6.07, 6.45) is 0. The molecule has 1 unspecified atom stereocenters. The Morgan fingerprint density at radius 3 is 2.44 bits per heavy atom. The van der Waals surface area contributed by atoms with Gasteiger partial charge in [0.05, 0.1) is 18.2 Å². The Balaban J connectivity index is 1.77. The lowest BCUT2D eigenvalue weighted by atomic mass is 9.88. The molecule has 170 valence electrons. The fraction of sp³-hybridized carbons (Fsp3) is 0.115. The van der Waals surface area contributed by atoms with Gasteiger partial charge in [0.1, 0.15) is 16.5 Å². The van der Waals surface area contributed by atoms with E-state index in [9.17, 15) is 13.7 Å². The molecule has 3 aromatic rings. The zero-order valence-corrected chi connectivity index (χ0v) is 20.6. The van der Waals surface area contributed by atoms with E-state index in [-0.39, 0.29) is 28.7 Å². The van der Waals surface area contributed by atoms with E-state index in [1.807, 2.05) is 55.5 Å². The molecule has 0 aliphatic carbocycles. The normalized spacial score (nSPS) is 18.6. The van der Waals surface area contributed by atoms with Crippen LogP contribution in [0.5, 0.6) is 0 Å². The minimum absolute atomic E-state index is 0.0101. The number of sulfonamides is 1. The maximum Gasteiger partial charge on any atom is 0.265 e. The van der Waals surface area contributed by atoms with Gasteiger partial charge in [-0.05, 0) is 36.2 Å². The van der Waals surface area contributed by atoms with E-state index in [1.165, 1.54) is 4.31 Å². The van der Waals surface area contributed by atoms with Crippen LogP contribution in [0.4, 0.5) is 5.69 Å². The summed E-state index contributed by atoms with van der Waals surface area (Å²) >= 11 is 3.53. The average molecular weight is 534 g/mol. The third-order valence-electron chi connectivity index (χ3n) is 6.02. The Hall–Kier alpha value is -3.54. The smallest absolute Gasteiger partial charge is 0.265 e. The average Bonchev–Trinajstić information content (AvgIpc) is 2.82. The summed E-state index contributed by atoms with van der Waals surface area (Å²) in [4.78, 5) is 0.0101. The highest BCUT2D eigenvalue weighted by atomic mass is 79.9. The number of aryl methyl sites for hydroxylation is 1. The Morgan fingerprint density at radius 2 is 1.74 bits per heavy atom. The summed E-state index contributed by atoms with van der Waals surface area (Å²) in [6.45, 7) is 2.12. The van der Waals surface area contributed by atoms with Crippen molar-refractivity contribution in [3.8, 4) is 6.07 Å². The molecular weight excluding hydrogens is 514 g/mol. The van der Waals surface area contributed by atoms with E-state index in [4.69, 9.17) is 10.5 Å². The van der Waals surface area contributed by atoms with Crippen LogP contribution in [-0.4, -0.2) is 8.42 Å². The summed E-state index contributed by atoms with van der Waals surface area (Å²) in [5.74, 6) is -0.852. The summed E-state index contributed by atoms with van der Waals surface area (Å²) in [5.41, 5.74) is 9.89. The van der Waals surface area contributed by atoms with E-state index >= 15 is 0 Å². The second-order valence-electron chi connectivity index (χ2n) is 8.15. The van der Waals surface area contributed by atoms with Crippen LogP contribution in [-0.2, 0) is 21.3 Å². The SMILES string of the molecule is Cc1ccc(CN2c3ccccc3C3=C(C(c4ccccc4Br)C(C#N)=C(N)O3)S2(=O)=O)cc1. The molecule has 0 bridgehead atoms. The molecule has 34 heavy (non-hydrogen) atoms. The summed E-state index contributed by atoms with van der Waals surface area (Å²) < 4.78 is 36.4. The number of halogens is 1. The first-order valence-corrected chi connectivity index (χ1v) is 12.8. The second kappa shape index (κ2) is 8.35. The van der Waals surface area contributed by atoms with Crippen LogP contribution in [0.15, 0.2) is 93.6 Å². The molecule has 0 amide bonds. The molecular formula is C26H20BrN3O3S. The van der Waals surface area contributed by atoms with Gasteiger partial charge in [0.2, 0.25) is 5.88 Å². The standard InChI is InChI=1S/C26H20BrN3O3S/c1-16-10-12-17(13-11-16)15-30-22-9-5-3-7-19(22)24-25(34(30,31)32)23(20(14-28)26(29)33-24)18-6-2-4-8-21(18)27/h2-13,23H,15,29H2,1H3. The number of ether oxygens (including phenoxy) is 1. The number of para-hydroxylation sites is 1. The van der Waals surface area contributed by atoms with Crippen molar-refractivity contribution in [3.63, 3.8) is 0 Å². The van der Waals surface area contributed by atoms with E-state index in [1.54, 1.807) is 24.3 Å². The fourth-order valence-corrected chi connectivity index (χ4v) is 6.78. The van der Waals surface area contributed by atoms with Gasteiger partial charge in [-0.3, -0.25) is 4.31 Å². The lowest BCUT2D eigenvalue weighted by Gasteiger charge is -2.38. The second-order valence-corrected chi connectivity index (χ2v) is 10.8. The lowest BCUT2D eigenvalue weighted by molar-refractivity contribution is 0.357. The minimum atomic E-state index is -4.10. The van der Waals surface area contributed by atoms with Crippen LogP contribution in [0.2, 0.25) is 0 Å². The Bertz CT molecular complexity index is 1520. The molecule has 6 nitrogen and oxygen atoms in total. The van der Waals surface area contributed by atoms with E-state index in [2.05, 4.69) is 22.0 Å². The maximum absolute atomic E-state index is 14.2. The van der Waals surface area contributed by atoms with Crippen molar-refractivity contribution >= 4 is 37.4 Å². The topological polar surface area (TPSA) is 96.4 Å². The first-order chi connectivity index (χ1) is 16.3. The van der Waals surface area contributed by atoms with Crippen molar-refractivity contribution < 1.29 is 13.2 Å². The molecule has 0 spiro atoms. The van der Waals surface area contributed by atoms with Crippen LogP contribution in [0, 0.1) is 18.3 Å². The van der Waals surface area contributed by atoms with Gasteiger partial charge in [-0.15, -0.1) is 0 Å². The predicted octanol–water partition coefficient (Wildman–Crippen LogP) is 5.28. The molecule has 0 saturated carbocycles. The van der Waals surface area contributed by atoms with Gasteiger partial charge in [-0.2, -0.15) is 5.26 Å². The Labute approximate surface area is 206 Å². The van der Waals surface area contributed by atoms with Crippen molar-refractivity contribution in [1.29, 1.82) is 5.26 Å². The number of hydrogen-bond acceptors (Lipinski definition) is 5. The fourth-order valence-electron chi connectivity index (χ4n) is 4.36. The molecule has 2 aliphatic rings. The summed E-state index contributed by atoms with van der Waals surface area (Å²) in [6, 6.07) is 24.2. The number of nitrogens with zero attached hydrogens (tertiary/aromatic N) is 2. The zero-order valence-electron chi connectivity index (χ0n) is 18.2. The molecule has 0 saturated heterocycles. The summed E-state index contributed by atoms with van der Waals surface area (Å²) in [7, 11) is -4.10. The predicted molar refractivity (Wildman–Crippen MR) is 134 cm³/mol. The van der Waals surface area contributed by atoms with Crippen molar-refractivity contribution in [3.05, 3.63) is 116 Å². The van der Waals surface area contributed by atoms with Gasteiger partial charge in [-0.1, -0.05) is 76.1 Å². The third kappa shape index (κ3) is 3.49. The van der Waals surface area contributed by atoms with Crippen LogP contribution in [0.3, 0.4) is 0 Å². The molecule has 3 aromatic carbocycles. The van der Waals surface area contributed by atoms with Gasteiger partial charge < -0.3 is 10.5 Å². The Kier molecular flexibility index (Phi) is 5.47.